The molecule has 0 saturated carbocycles. The van der Waals surface area contributed by atoms with Gasteiger partial charge in [0.2, 0.25) is 0 Å². The van der Waals surface area contributed by atoms with Crippen LogP contribution in [0.15, 0.2) is 48.5 Å². The summed E-state index contributed by atoms with van der Waals surface area (Å²) < 4.78 is 10.5. The summed E-state index contributed by atoms with van der Waals surface area (Å²) in [6.07, 6.45) is 0. The molecule has 0 atom stereocenters. The second kappa shape index (κ2) is 8.53. The van der Waals surface area contributed by atoms with Crippen LogP contribution < -0.4 is 10.1 Å². The molecule has 1 N–H and O–H groups in total. The summed E-state index contributed by atoms with van der Waals surface area (Å²) in [6, 6.07) is 14.5. The van der Waals surface area contributed by atoms with Gasteiger partial charge in [0.05, 0.1) is 11.6 Å². The molecule has 0 bridgehead atoms. The van der Waals surface area contributed by atoms with Gasteiger partial charge in [-0.05, 0) is 37.1 Å². The molecule has 0 aromatic heterocycles. The van der Waals surface area contributed by atoms with Gasteiger partial charge in [-0.1, -0.05) is 48.0 Å². The third-order valence-corrected chi connectivity index (χ3v) is 4.70. The molecular formula is C21H21ClN2O5. The maximum absolute atomic E-state index is 12.1. The van der Waals surface area contributed by atoms with E-state index in [1.807, 2.05) is 36.4 Å². The largest absolute Gasteiger partial charge is 0.480 e. The van der Waals surface area contributed by atoms with Crippen molar-refractivity contribution in [1.82, 2.24) is 10.2 Å². The molecule has 1 aliphatic heterocycles. The van der Waals surface area contributed by atoms with Gasteiger partial charge in [0, 0.05) is 0 Å². The highest BCUT2D eigenvalue weighted by molar-refractivity contribution is 6.32. The third kappa shape index (κ3) is 4.86. The Morgan fingerprint density at radius 2 is 1.83 bits per heavy atom. The van der Waals surface area contributed by atoms with E-state index in [9.17, 15) is 14.4 Å². The summed E-state index contributed by atoms with van der Waals surface area (Å²) >= 11 is 6.25. The predicted molar refractivity (Wildman–Crippen MR) is 108 cm³/mol. The second-order valence-corrected chi connectivity index (χ2v) is 7.44. The zero-order valence-electron chi connectivity index (χ0n) is 16.1. The van der Waals surface area contributed by atoms with E-state index in [4.69, 9.17) is 21.1 Å². The molecule has 3 amide bonds. The Labute approximate surface area is 173 Å². The molecule has 7 nitrogen and oxygen atoms in total. The molecule has 8 heteroatoms. The summed E-state index contributed by atoms with van der Waals surface area (Å²) in [5, 5.41) is 2.93. The molecule has 0 radical (unpaired) electrons. The minimum absolute atomic E-state index is 0.0215. The standard InChI is InChI=1S/C21H21ClN2O5/c1-21(2)19(26)24(20(27)23-21)10-11-28-18(25)13-29-17-9-8-15(12-16(17)22)14-6-4-3-5-7-14/h3-9,12H,10-11,13H2,1-2H3,(H,23,27). The van der Waals surface area contributed by atoms with Crippen molar-refractivity contribution in [2.45, 2.75) is 19.4 Å². The van der Waals surface area contributed by atoms with Crippen molar-refractivity contribution in [1.29, 1.82) is 0 Å². The van der Waals surface area contributed by atoms with Gasteiger partial charge in [0.25, 0.3) is 5.91 Å². The lowest BCUT2D eigenvalue weighted by atomic mass is 10.1. The van der Waals surface area contributed by atoms with Crippen LogP contribution >= 0.6 is 11.6 Å². The van der Waals surface area contributed by atoms with Gasteiger partial charge in [-0.25, -0.2) is 9.59 Å². The number of esters is 1. The minimum Gasteiger partial charge on any atom is -0.480 e. The highest BCUT2D eigenvalue weighted by Gasteiger charge is 2.43. The highest BCUT2D eigenvalue weighted by Crippen LogP contribution is 2.30. The van der Waals surface area contributed by atoms with Crippen molar-refractivity contribution >= 4 is 29.5 Å². The summed E-state index contributed by atoms with van der Waals surface area (Å²) in [5.74, 6) is -0.626. The monoisotopic (exact) mass is 416 g/mol. The van der Waals surface area contributed by atoms with E-state index >= 15 is 0 Å². The van der Waals surface area contributed by atoms with Crippen molar-refractivity contribution in [2.24, 2.45) is 0 Å². The number of halogens is 1. The molecule has 1 saturated heterocycles. The van der Waals surface area contributed by atoms with Gasteiger partial charge in [-0.2, -0.15) is 0 Å². The van der Waals surface area contributed by atoms with E-state index in [1.54, 1.807) is 26.0 Å². The van der Waals surface area contributed by atoms with Crippen molar-refractivity contribution in [3.05, 3.63) is 53.6 Å². The van der Waals surface area contributed by atoms with Crippen molar-refractivity contribution in [3.8, 4) is 16.9 Å². The first-order valence-corrected chi connectivity index (χ1v) is 9.43. The molecule has 2 aromatic carbocycles. The Kier molecular flexibility index (Phi) is 6.08. The molecule has 2 aromatic rings. The van der Waals surface area contributed by atoms with Crippen molar-refractivity contribution < 1.29 is 23.9 Å². The topological polar surface area (TPSA) is 84.9 Å². The number of amides is 3. The number of nitrogens with zero attached hydrogens (tertiary/aromatic N) is 1. The number of carbonyl (C=O) groups is 3. The van der Waals surface area contributed by atoms with Crippen LogP contribution in [0.4, 0.5) is 4.79 Å². The number of benzene rings is 2. The van der Waals surface area contributed by atoms with E-state index in [1.165, 1.54) is 0 Å². The molecule has 0 unspecified atom stereocenters. The maximum Gasteiger partial charge on any atom is 0.344 e. The number of rotatable bonds is 7. The van der Waals surface area contributed by atoms with Crippen molar-refractivity contribution in [2.75, 3.05) is 19.8 Å². The summed E-state index contributed by atoms with van der Waals surface area (Å²) in [6.45, 7) is 2.75. The normalized spacial score (nSPS) is 15.2. The van der Waals surface area contributed by atoms with Crippen LogP contribution in [0.1, 0.15) is 13.8 Å². The number of hydrogen-bond donors (Lipinski definition) is 1. The molecule has 0 aliphatic carbocycles. The van der Waals surface area contributed by atoms with Gasteiger partial charge in [0.1, 0.15) is 17.9 Å². The Morgan fingerprint density at radius 3 is 2.45 bits per heavy atom. The summed E-state index contributed by atoms with van der Waals surface area (Å²) in [4.78, 5) is 36.7. The fraction of sp³-hybridized carbons (Fsp3) is 0.286. The zero-order valence-corrected chi connectivity index (χ0v) is 16.9. The molecule has 3 rings (SSSR count). The smallest absolute Gasteiger partial charge is 0.344 e. The van der Waals surface area contributed by atoms with E-state index in [-0.39, 0.29) is 25.7 Å². The minimum atomic E-state index is -0.952. The SMILES string of the molecule is CC1(C)NC(=O)N(CCOC(=O)COc2ccc(-c3ccccc3)cc2Cl)C1=O. The van der Waals surface area contributed by atoms with Gasteiger partial charge >= 0.3 is 12.0 Å². The first-order valence-electron chi connectivity index (χ1n) is 9.05. The fourth-order valence-electron chi connectivity index (χ4n) is 2.88. The third-order valence-electron chi connectivity index (χ3n) is 4.41. The van der Waals surface area contributed by atoms with E-state index < -0.39 is 17.5 Å². The van der Waals surface area contributed by atoms with Gasteiger partial charge in [-0.3, -0.25) is 9.69 Å². The Hall–Kier alpha value is -3.06. The number of hydrogen-bond acceptors (Lipinski definition) is 5. The average molecular weight is 417 g/mol. The highest BCUT2D eigenvalue weighted by atomic mass is 35.5. The van der Waals surface area contributed by atoms with Crippen LogP contribution in [0, 0.1) is 0 Å². The van der Waals surface area contributed by atoms with Crippen LogP contribution in [-0.4, -0.2) is 48.1 Å². The molecule has 0 spiro atoms. The van der Waals surface area contributed by atoms with Gasteiger partial charge in [0.15, 0.2) is 6.61 Å². The molecule has 1 fully saturated rings. The van der Waals surface area contributed by atoms with Crippen LogP contribution in [0.2, 0.25) is 5.02 Å². The number of urea groups is 1. The Balaban J connectivity index is 1.47. The van der Waals surface area contributed by atoms with Crippen LogP contribution in [-0.2, 0) is 14.3 Å². The lowest BCUT2D eigenvalue weighted by molar-refractivity contribution is -0.147. The number of carbonyl (C=O) groups excluding carboxylic acids is 3. The molecule has 1 heterocycles. The maximum atomic E-state index is 12.1. The van der Waals surface area contributed by atoms with E-state index in [0.717, 1.165) is 16.0 Å². The first-order chi connectivity index (χ1) is 13.8. The average Bonchev–Trinajstić information content (AvgIpc) is 2.89. The fourth-order valence-corrected chi connectivity index (χ4v) is 3.11. The van der Waals surface area contributed by atoms with Crippen LogP contribution in [0.3, 0.4) is 0 Å². The van der Waals surface area contributed by atoms with Gasteiger partial charge in [-0.15, -0.1) is 0 Å². The van der Waals surface area contributed by atoms with E-state index in [2.05, 4.69) is 5.32 Å². The first kappa shape index (κ1) is 20.7. The van der Waals surface area contributed by atoms with Crippen LogP contribution in [0.25, 0.3) is 11.1 Å². The Bertz CT molecular complexity index is 930. The summed E-state index contributed by atoms with van der Waals surface area (Å²) in [5.41, 5.74) is 0.999. The quantitative estimate of drug-likeness (QED) is 0.553. The molecule has 1 aliphatic rings. The second-order valence-electron chi connectivity index (χ2n) is 7.03. The lowest BCUT2D eigenvalue weighted by Gasteiger charge is -2.16. The number of ether oxygens (including phenoxy) is 2. The summed E-state index contributed by atoms with van der Waals surface area (Å²) in [7, 11) is 0. The van der Waals surface area contributed by atoms with Gasteiger partial charge < -0.3 is 14.8 Å². The van der Waals surface area contributed by atoms with Crippen LogP contribution in [0.5, 0.6) is 5.75 Å². The zero-order chi connectivity index (χ0) is 21.0. The van der Waals surface area contributed by atoms with E-state index in [0.29, 0.717) is 10.8 Å². The Morgan fingerprint density at radius 1 is 1.10 bits per heavy atom. The number of imide groups is 1. The molecule has 29 heavy (non-hydrogen) atoms. The molecule has 152 valence electrons. The van der Waals surface area contributed by atoms with Crippen molar-refractivity contribution in [3.63, 3.8) is 0 Å². The molecular weight excluding hydrogens is 396 g/mol. The predicted octanol–water partition coefficient (Wildman–Crippen LogP) is 3.26. The lowest BCUT2D eigenvalue weighted by Crippen LogP contribution is -2.40. The number of nitrogens with one attached hydrogen (secondary N) is 1.